The molecule has 4 heterocycles. The van der Waals surface area contributed by atoms with Gasteiger partial charge in [0.05, 0.1) is 50.0 Å². The number of rotatable bonds is 3. The molecule has 0 fully saturated rings. The minimum Gasteiger partial charge on any atom is -0.307 e. The minimum atomic E-state index is 0.870. The maximum absolute atomic E-state index is 5.47. The van der Waals surface area contributed by atoms with Gasteiger partial charge in [0, 0.05) is 32.5 Å². The van der Waals surface area contributed by atoms with E-state index in [1.165, 1.54) is 21.5 Å². The first kappa shape index (κ1) is 26.4. The summed E-state index contributed by atoms with van der Waals surface area (Å²) in [6.45, 7) is 0. The molecule has 11 aromatic rings. The fourth-order valence-corrected chi connectivity index (χ4v) is 7.93. The van der Waals surface area contributed by atoms with Gasteiger partial charge in [-0.05, 0) is 48.5 Å². The predicted molar refractivity (Wildman–Crippen MR) is 202 cm³/mol. The molecule has 0 saturated heterocycles. The summed E-state index contributed by atoms with van der Waals surface area (Å²) in [6.07, 6.45) is 0. The standard InChI is InChI=1S/C44H27N5/c1-2-14-28(15-3-1)43-46-35-27-42(48-38-23-11-6-18-31(38)32-19-7-12-24-39(32)48)41(26-33(35)44-45-34-20-8-13-25-40(34)49(43)44)47-36-21-9-4-16-29(36)30-17-5-10-22-37(30)47/h1-27H. The van der Waals surface area contributed by atoms with Crippen molar-refractivity contribution in [2.24, 2.45) is 0 Å². The smallest absolute Gasteiger partial charge is 0.149 e. The molecule has 5 nitrogen and oxygen atoms in total. The fraction of sp³-hybridized carbons (Fsp3) is 0. The third-order valence-electron chi connectivity index (χ3n) is 10.0. The molecule has 0 atom stereocenters. The summed E-state index contributed by atoms with van der Waals surface area (Å²) in [5.41, 5.74) is 11.6. The van der Waals surface area contributed by atoms with Crippen molar-refractivity contribution in [3.63, 3.8) is 0 Å². The van der Waals surface area contributed by atoms with Crippen molar-refractivity contribution < 1.29 is 0 Å². The average molecular weight is 626 g/mol. The first-order valence-corrected chi connectivity index (χ1v) is 16.6. The van der Waals surface area contributed by atoms with Gasteiger partial charge in [0.25, 0.3) is 0 Å². The van der Waals surface area contributed by atoms with E-state index >= 15 is 0 Å². The Kier molecular flexibility index (Phi) is 5.32. The molecule has 0 spiro atoms. The van der Waals surface area contributed by atoms with E-state index in [4.69, 9.17) is 9.97 Å². The zero-order chi connectivity index (χ0) is 32.1. The van der Waals surface area contributed by atoms with Gasteiger partial charge >= 0.3 is 0 Å². The highest BCUT2D eigenvalue weighted by atomic mass is 15.1. The Morgan fingerprint density at radius 3 is 1.35 bits per heavy atom. The number of benzene rings is 7. The largest absolute Gasteiger partial charge is 0.307 e. The van der Waals surface area contributed by atoms with Crippen molar-refractivity contribution >= 4 is 71.2 Å². The Morgan fingerprint density at radius 1 is 0.347 bits per heavy atom. The van der Waals surface area contributed by atoms with E-state index in [1.807, 2.05) is 6.07 Å². The molecule has 0 N–H and O–H groups in total. The normalized spacial score (nSPS) is 12.1. The van der Waals surface area contributed by atoms with E-state index in [2.05, 4.69) is 171 Å². The van der Waals surface area contributed by atoms with E-state index in [0.717, 1.165) is 72.4 Å². The molecule has 0 bridgehead atoms. The fourth-order valence-electron chi connectivity index (χ4n) is 7.93. The maximum Gasteiger partial charge on any atom is 0.149 e. The summed E-state index contributed by atoms with van der Waals surface area (Å²) in [4.78, 5) is 10.7. The lowest BCUT2D eigenvalue weighted by Crippen LogP contribution is -2.06. The maximum atomic E-state index is 5.47. The van der Waals surface area contributed by atoms with Crippen LogP contribution in [0.15, 0.2) is 164 Å². The highest BCUT2D eigenvalue weighted by molar-refractivity contribution is 6.12. The molecule has 11 rings (SSSR count). The average Bonchev–Trinajstić information content (AvgIpc) is 3.83. The van der Waals surface area contributed by atoms with Gasteiger partial charge in [-0.25, -0.2) is 9.97 Å². The lowest BCUT2D eigenvalue weighted by atomic mass is 10.1. The quantitative estimate of drug-likeness (QED) is 0.196. The number of nitrogens with zero attached hydrogens (tertiary/aromatic N) is 5. The monoisotopic (exact) mass is 625 g/mol. The van der Waals surface area contributed by atoms with Crippen molar-refractivity contribution in [1.82, 2.24) is 23.5 Å². The predicted octanol–water partition coefficient (Wildman–Crippen LogP) is 10.9. The number of hydrogen-bond donors (Lipinski definition) is 0. The van der Waals surface area contributed by atoms with Crippen LogP contribution >= 0.6 is 0 Å². The van der Waals surface area contributed by atoms with Crippen LogP contribution in [0.1, 0.15) is 0 Å². The van der Waals surface area contributed by atoms with Gasteiger partial charge in [0.15, 0.2) is 0 Å². The second-order valence-corrected chi connectivity index (χ2v) is 12.7. The Bertz CT molecular complexity index is 3000. The van der Waals surface area contributed by atoms with Gasteiger partial charge in [0.1, 0.15) is 11.5 Å². The van der Waals surface area contributed by atoms with E-state index in [-0.39, 0.29) is 0 Å². The zero-order valence-corrected chi connectivity index (χ0v) is 26.3. The van der Waals surface area contributed by atoms with Crippen molar-refractivity contribution in [1.29, 1.82) is 0 Å². The zero-order valence-electron chi connectivity index (χ0n) is 26.3. The molecule has 0 amide bonds. The van der Waals surface area contributed by atoms with Crippen LogP contribution < -0.4 is 0 Å². The van der Waals surface area contributed by atoms with Gasteiger partial charge < -0.3 is 9.13 Å². The summed E-state index contributed by atoms with van der Waals surface area (Å²) in [5.74, 6) is 0.870. The molecule has 0 unspecified atom stereocenters. The summed E-state index contributed by atoms with van der Waals surface area (Å²) < 4.78 is 7.06. The van der Waals surface area contributed by atoms with E-state index in [1.54, 1.807) is 0 Å². The lowest BCUT2D eigenvalue weighted by molar-refractivity contribution is 1.09. The van der Waals surface area contributed by atoms with Crippen molar-refractivity contribution in [2.75, 3.05) is 0 Å². The molecule has 0 radical (unpaired) electrons. The van der Waals surface area contributed by atoms with Crippen LogP contribution in [0.25, 0.3) is 94.0 Å². The van der Waals surface area contributed by atoms with Gasteiger partial charge in [-0.1, -0.05) is 115 Å². The molecule has 0 aliphatic carbocycles. The molecule has 228 valence electrons. The third kappa shape index (κ3) is 3.64. The summed E-state index contributed by atoms with van der Waals surface area (Å²) in [7, 11) is 0. The molecule has 0 aliphatic heterocycles. The van der Waals surface area contributed by atoms with Crippen LogP contribution in [0.2, 0.25) is 0 Å². The Hall–Kier alpha value is -6.72. The Morgan fingerprint density at radius 2 is 0.796 bits per heavy atom. The molecule has 4 aromatic heterocycles. The first-order chi connectivity index (χ1) is 24.3. The SMILES string of the molecule is c1ccc(-c2nc3cc(-n4c5ccccc5c5ccccc54)c(-n4c5ccccc5c5ccccc54)cc3c3nc4ccccc4n23)cc1. The van der Waals surface area contributed by atoms with Gasteiger partial charge in [0.2, 0.25) is 0 Å². The second kappa shape index (κ2) is 9.89. The van der Waals surface area contributed by atoms with Crippen LogP contribution in [0.5, 0.6) is 0 Å². The Balaban J connectivity index is 1.38. The van der Waals surface area contributed by atoms with E-state index < -0.39 is 0 Å². The summed E-state index contributed by atoms with van der Waals surface area (Å²) >= 11 is 0. The molecule has 7 aromatic carbocycles. The molecular weight excluding hydrogens is 599 g/mol. The van der Waals surface area contributed by atoms with Crippen LogP contribution in [0, 0.1) is 0 Å². The number of fused-ring (bicyclic) bond motifs is 11. The van der Waals surface area contributed by atoms with Crippen molar-refractivity contribution in [3.8, 4) is 22.8 Å². The van der Waals surface area contributed by atoms with Crippen LogP contribution in [0.3, 0.4) is 0 Å². The molecule has 49 heavy (non-hydrogen) atoms. The first-order valence-electron chi connectivity index (χ1n) is 16.6. The van der Waals surface area contributed by atoms with Crippen LogP contribution in [-0.4, -0.2) is 23.5 Å². The topological polar surface area (TPSA) is 40.0 Å². The summed E-state index contributed by atoms with van der Waals surface area (Å²) in [6, 6.07) is 58.2. The molecular formula is C44H27N5. The van der Waals surface area contributed by atoms with Crippen LogP contribution in [-0.2, 0) is 0 Å². The molecule has 0 aliphatic rings. The number of para-hydroxylation sites is 6. The van der Waals surface area contributed by atoms with Crippen molar-refractivity contribution in [2.45, 2.75) is 0 Å². The van der Waals surface area contributed by atoms with Gasteiger partial charge in [-0.3, -0.25) is 4.40 Å². The van der Waals surface area contributed by atoms with Gasteiger partial charge in [-0.2, -0.15) is 0 Å². The Labute approximate surface area is 280 Å². The highest BCUT2D eigenvalue weighted by Crippen LogP contribution is 2.41. The van der Waals surface area contributed by atoms with Gasteiger partial charge in [-0.15, -0.1) is 0 Å². The lowest BCUT2D eigenvalue weighted by Gasteiger charge is -2.19. The number of aromatic nitrogens is 5. The van der Waals surface area contributed by atoms with Crippen LogP contribution in [0.4, 0.5) is 0 Å². The van der Waals surface area contributed by atoms with E-state index in [0.29, 0.717) is 0 Å². The molecule has 0 saturated carbocycles. The third-order valence-corrected chi connectivity index (χ3v) is 10.0. The second-order valence-electron chi connectivity index (χ2n) is 12.7. The number of hydrogen-bond acceptors (Lipinski definition) is 2. The number of imidazole rings is 1. The highest BCUT2D eigenvalue weighted by Gasteiger charge is 2.23. The van der Waals surface area contributed by atoms with E-state index in [9.17, 15) is 0 Å². The minimum absolute atomic E-state index is 0.870. The summed E-state index contributed by atoms with van der Waals surface area (Å²) in [5, 5.41) is 5.89. The molecule has 5 heteroatoms. The van der Waals surface area contributed by atoms with Crippen molar-refractivity contribution in [3.05, 3.63) is 164 Å².